The molecular weight excluding hydrogens is 1020 g/mol. The minimum Gasteiger partial charge on any atom is -0.114 e. The third-order valence-corrected chi connectivity index (χ3v) is 17.1. The molecule has 1 aliphatic carbocycles. The molecule has 1 radical (unpaired) electrons. The minimum atomic E-state index is -0.877. The zero-order valence-corrected chi connectivity index (χ0v) is 41.3. The van der Waals surface area contributed by atoms with Crippen molar-refractivity contribution in [2.75, 3.05) is 0 Å². The van der Waals surface area contributed by atoms with Gasteiger partial charge in [-0.05, 0) is 151 Å². The third kappa shape index (κ3) is 11.1. The van der Waals surface area contributed by atoms with Gasteiger partial charge in [-0.15, -0.1) is 17.0 Å². The fourth-order valence-corrected chi connectivity index (χ4v) is 13.7. The minimum absolute atomic E-state index is 0. The van der Waals surface area contributed by atoms with Gasteiger partial charge < -0.3 is 0 Å². The molecule has 0 N–H and O–H groups in total. The number of hydrogen-bond donors (Lipinski definition) is 0. The summed E-state index contributed by atoms with van der Waals surface area (Å²) >= 11 is 3.82. The topological polar surface area (TPSA) is 0 Å². The maximum absolute atomic E-state index is 3.82. The first-order chi connectivity index (χ1) is 30.2. The van der Waals surface area contributed by atoms with Crippen molar-refractivity contribution in [2.45, 2.75) is 12.8 Å². The van der Waals surface area contributed by atoms with Crippen molar-refractivity contribution in [1.82, 2.24) is 0 Å². The van der Waals surface area contributed by atoms with Crippen LogP contribution in [0, 0.1) is 6.07 Å². The molecule has 1 aliphatic rings. The number of halogens is 2. The van der Waals surface area contributed by atoms with Crippen LogP contribution in [0.4, 0.5) is 0 Å². The van der Waals surface area contributed by atoms with Crippen LogP contribution in [0.25, 0.3) is 21.5 Å². The zero-order chi connectivity index (χ0) is 41.2. The Bertz CT molecular complexity index is 2660. The Kier molecular flexibility index (Phi) is 16.7. The standard InChI is InChI=1S/C22H14Br.2C18H15P.BrH.Pd/c23-22-20-8-4-3-7-16(20)11-19-12-17-9-14-5-1-2-6-15(14)10-18(17)13-21(19)22;2*1-4-10-16(11-5-1)19(17-12-6-2-7-13-17)18-14-8-3-9-15-18;;/h1-8,12-13H,9-10H2;2*1-15H;1H;/p+1. The molecule has 0 saturated carbocycles. The predicted molar refractivity (Wildman–Crippen MR) is 282 cm³/mol. The number of fused-ring (bicyclic) bond motifs is 4. The summed E-state index contributed by atoms with van der Waals surface area (Å²) in [7, 11) is -1.32. The SMILES string of the molecule is Br.Brc1c2ccccc2[c]c2cc3c(cc12)Cc1ccccc1C3.[Pd].c1ccc(P(c2ccccc2)c2ccccc2)cc1.c1ccc([PH+](c2ccccc2)c2ccccc2)cc1. The molecule has 0 fully saturated rings. The summed E-state index contributed by atoms with van der Waals surface area (Å²) in [5.41, 5.74) is 5.80. The summed E-state index contributed by atoms with van der Waals surface area (Å²) in [6, 6.07) is 90.3. The van der Waals surface area contributed by atoms with Gasteiger partial charge in [0.2, 0.25) is 0 Å². The Labute approximate surface area is 407 Å². The van der Waals surface area contributed by atoms with Gasteiger partial charge in [0.05, 0.1) is 7.92 Å². The van der Waals surface area contributed by atoms with Gasteiger partial charge in [-0.2, -0.15) is 0 Å². The van der Waals surface area contributed by atoms with E-state index in [2.05, 4.69) is 265 Å². The van der Waals surface area contributed by atoms with Crippen LogP contribution < -0.4 is 31.8 Å². The second kappa shape index (κ2) is 22.7. The second-order valence-electron chi connectivity index (χ2n) is 15.1. The van der Waals surface area contributed by atoms with Gasteiger partial charge in [-0.25, -0.2) is 0 Å². The van der Waals surface area contributed by atoms with Crippen LogP contribution in [-0.2, 0) is 33.3 Å². The van der Waals surface area contributed by atoms with E-state index in [0.29, 0.717) is 0 Å². The van der Waals surface area contributed by atoms with E-state index in [-0.39, 0.29) is 37.4 Å². The molecule has 10 aromatic rings. The first-order valence-corrected chi connectivity index (χ1v) is 24.4. The molecule has 0 amide bonds. The van der Waals surface area contributed by atoms with Crippen molar-refractivity contribution in [2.24, 2.45) is 0 Å². The Morgan fingerprint density at radius 1 is 0.365 bits per heavy atom. The van der Waals surface area contributed by atoms with Crippen LogP contribution in [0.2, 0.25) is 0 Å². The fraction of sp³-hybridized carbons (Fsp3) is 0.0345. The van der Waals surface area contributed by atoms with Crippen LogP contribution in [0.15, 0.2) is 247 Å². The predicted octanol–water partition coefficient (Wildman–Crippen LogP) is 13.2. The van der Waals surface area contributed by atoms with E-state index in [1.807, 2.05) is 0 Å². The third-order valence-electron chi connectivity index (χ3n) is 11.1. The number of rotatable bonds is 6. The largest absolute Gasteiger partial charge is 0.114 e. The molecule has 0 saturated heterocycles. The summed E-state index contributed by atoms with van der Waals surface area (Å²) in [6.45, 7) is 0. The Balaban J connectivity index is 0.000000141. The van der Waals surface area contributed by atoms with Crippen molar-refractivity contribution >= 4 is 102 Å². The van der Waals surface area contributed by atoms with Gasteiger partial charge in [-0.3, -0.25) is 0 Å². The monoisotopic (exact) mass is 1070 g/mol. The molecule has 11 rings (SSSR count). The van der Waals surface area contributed by atoms with Crippen LogP contribution in [0.5, 0.6) is 0 Å². The van der Waals surface area contributed by atoms with E-state index in [0.717, 1.165) is 12.8 Å². The van der Waals surface area contributed by atoms with Crippen LogP contribution in [0.3, 0.4) is 0 Å². The van der Waals surface area contributed by atoms with Gasteiger partial charge in [0.1, 0.15) is 15.9 Å². The molecule has 0 bridgehead atoms. The number of hydrogen-bond acceptors (Lipinski definition) is 0. The first-order valence-electron chi connectivity index (χ1n) is 20.8. The summed E-state index contributed by atoms with van der Waals surface area (Å²) in [5, 5.41) is 13.4. The quantitative estimate of drug-likeness (QED) is 0.0884. The smallest absolute Gasteiger partial charge is 0.102 e. The summed E-state index contributed by atoms with van der Waals surface area (Å²) in [6.07, 6.45) is 2.06. The van der Waals surface area contributed by atoms with Crippen molar-refractivity contribution in [1.29, 1.82) is 0 Å². The molecule has 0 heterocycles. The van der Waals surface area contributed by atoms with Crippen molar-refractivity contribution in [3.05, 3.63) is 275 Å². The van der Waals surface area contributed by atoms with Gasteiger partial charge in [-0.1, -0.05) is 194 Å². The molecule has 0 atom stereocenters. The summed E-state index contributed by atoms with van der Waals surface area (Å²) < 4.78 is 1.18. The Hall–Kier alpha value is -4.80. The molecule has 63 heavy (non-hydrogen) atoms. The normalized spacial score (nSPS) is 11.2. The molecular formula is C58H46Br2P2Pd+. The molecule has 311 valence electrons. The fourth-order valence-electron chi connectivity index (χ4n) is 8.18. The molecule has 10 aromatic carbocycles. The maximum atomic E-state index is 3.82. The molecule has 0 unspecified atom stereocenters. The van der Waals surface area contributed by atoms with Gasteiger partial charge in [0, 0.05) is 24.9 Å². The van der Waals surface area contributed by atoms with Crippen LogP contribution in [-0.4, -0.2) is 0 Å². The summed E-state index contributed by atoms with van der Waals surface area (Å²) in [4.78, 5) is 0. The summed E-state index contributed by atoms with van der Waals surface area (Å²) in [5.74, 6) is 0. The Morgan fingerprint density at radius 2 is 0.714 bits per heavy atom. The van der Waals surface area contributed by atoms with Crippen LogP contribution >= 0.6 is 48.8 Å². The zero-order valence-electron chi connectivity index (χ0n) is 34.6. The average Bonchev–Trinajstić information content (AvgIpc) is 3.33. The number of benzene rings is 10. The second-order valence-corrected chi connectivity index (χ2v) is 20.6. The molecule has 0 aliphatic heterocycles. The van der Waals surface area contributed by atoms with Crippen LogP contribution in [0.1, 0.15) is 22.3 Å². The van der Waals surface area contributed by atoms with E-state index in [9.17, 15) is 0 Å². The molecule has 0 spiro atoms. The van der Waals surface area contributed by atoms with E-state index < -0.39 is 15.8 Å². The van der Waals surface area contributed by atoms with E-state index in [1.54, 1.807) is 0 Å². The molecule has 0 nitrogen and oxygen atoms in total. The van der Waals surface area contributed by atoms with Crippen molar-refractivity contribution in [3.63, 3.8) is 0 Å². The van der Waals surface area contributed by atoms with Crippen molar-refractivity contribution < 1.29 is 20.4 Å². The van der Waals surface area contributed by atoms with E-state index in [4.69, 9.17) is 0 Å². The average molecular weight is 1070 g/mol. The Morgan fingerprint density at radius 3 is 1.14 bits per heavy atom. The van der Waals surface area contributed by atoms with E-state index in [1.165, 1.54) is 80.1 Å². The molecule has 5 heteroatoms. The van der Waals surface area contributed by atoms with Crippen molar-refractivity contribution in [3.8, 4) is 0 Å². The van der Waals surface area contributed by atoms with Gasteiger partial charge in [0.15, 0.2) is 0 Å². The van der Waals surface area contributed by atoms with Gasteiger partial charge in [0.25, 0.3) is 0 Å². The maximum Gasteiger partial charge on any atom is 0.102 e. The van der Waals surface area contributed by atoms with Gasteiger partial charge >= 0.3 is 0 Å². The van der Waals surface area contributed by atoms with E-state index >= 15 is 0 Å². The molecule has 0 aromatic heterocycles. The first kappa shape index (κ1) is 46.2.